The van der Waals surface area contributed by atoms with E-state index in [1.807, 2.05) is 30.3 Å². The van der Waals surface area contributed by atoms with Gasteiger partial charge in [-0.3, -0.25) is 0 Å². The molecule has 0 saturated carbocycles. The Labute approximate surface area is 405 Å². The molecule has 0 aliphatic carbocycles. The number of benzene rings is 6. The maximum Gasteiger partial charge on any atom is 0.0487 e. The van der Waals surface area contributed by atoms with Gasteiger partial charge in [-0.25, -0.2) is 0 Å². The fraction of sp³-hybridized carbons (Fsp3) is 0.315. The maximum atomic E-state index is 6.38. The van der Waals surface area contributed by atoms with E-state index >= 15 is 0 Å². The molecule has 7 heteroatoms. The number of hydrogen-bond acceptors (Lipinski definition) is 2. The first kappa shape index (κ1) is 54.1. The summed E-state index contributed by atoms with van der Waals surface area (Å²) in [6.07, 6.45) is 0. The van der Waals surface area contributed by atoms with Gasteiger partial charge in [0.2, 0.25) is 0 Å². The molecule has 0 fully saturated rings. The SMILES string of the molecule is C.CC(C)(C)c1ccc(N(c2ccc(C(C)(C)C)cc2)c2cc(Cl)cc(Br)c2)cc1.CC(C)(C)c1ccc(Nc2ccc(C(C)(C)C)cc2)cc1.Clc1cc(Br)cc(Br)c1.[CH3-]. The van der Waals surface area contributed by atoms with Crippen LogP contribution in [0.2, 0.25) is 10.0 Å². The molecule has 6 aromatic rings. The molecule has 0 spiro atoms. The minimum absolute atomic E-state index is 0. The lowest BCUT2D eigenvalue weighted by Crippen LogP contribution is -2.14. The third kappa shape index (κ3) is 16.9. The van der Waals surface area contributed by atoms with Gasteiger partial charge < -0.3 is 17.6 Å². The van der Waals surface area contributed by atoms with Gasteiger partial charge in [-0.15, -0.1) is 0 Å². The molecule has 0 unspecified atom stereocenters. The normalized spacial score (nSPS) is 11.4. The highest BCUT2D eigenvalue weighted by Crippen LogP contribution is 2.39. The molecule has 61 heavy (non-hydrogen) atoms. The number of rotatable bonds is 5. The van der Waals surface area contributed by atoms with Gasteiger partial charge >= 0.3 is 0 Å². The van der Waals surface area contributed by atoms with Crippen LogP contribution in [0.4, 0.5) is 28.4 Å². The van der Waals surface area contributed by atoms with E-state index in [9.17, 15) is 0 Å². The number of anilines is 5. The number of hydrogen-bond donors (Lipinski definition) is 1. The smallest absolute Gasteiger partial charge is 0.0487 e. The highest BCUT2D eigenvalue weighted by molar-refractivity contribution is 9.11. The predicted molar refractivity (Wildman–Crippen MR) is 285 cm³/mol. The van der Waals surface area contributed by atoms with Crippen LogP contribution in [0.1, 0.15) is 113 Å². The molecule has 0 aliphatic rings. The van der Waals surface area contributed by atoms with Gasteiger partial charge in [0.1, 0.15) is 0 Å². The van der Waals surface area contributed by atoms with E-state index in [0.29, 0.717) is 5.02 Å². The first-order chi connectivity index (χ1) is 27.3. The highest BCUT2D eigenvalue weighted by atomic mass is 79.9. The van der Waals surface area contributed by atoms with Crippen LogP contribution >= 0.6 is 71.0 Å². The van der Waals surface area contributed by atoms with E-state index in [1.165, 1.54) is 22.3 Å². The van der Waals surface area contributed by atoms with Crippen molar-refractivity contribution in [3.63, 3.8) is 0 Å². The largest absolute Gasteiger partial charge is 0.358 e. The summed E-state index contributed by atoms with van der Waals surface area (Å²) >= 11 is 22.3. The van der Waals surface area contributed by atoms with Gasteiger partial charge in [0.05, 0.1) is 0 Å². The fourth-order valence-electron chi connectivity index (χ4n) is 6.13. The van der Waals surface area contributed by atoms with Gasteiger partial charge in [-0.1, -0.05) is 210 Å². The third-order valence-corrected chi connectivity index (χ3v) is 11.5. The second kappa shape index (κ2) is 22.5. The quantitative estimate of drug-likeness (QED) is 0.173. The Balaban J connectivity index is 0.000000350. The first-order valence-corrected chi connectivity index (χ1v) is 23.0. The molecule has 0 radical (unpaired) electrons. The fourth-order valence-corrected chi connectivity index (χ4v) is 8.77. The number of nitrogens with zero attached hydrogens (tertiary/aromatic N) is 1. The summed E-state index contributed by atoms with van der Waals surface area (Å²) in [4.78, 5) is 2.25. The van der Waals surface area contributed by atoms with Crippen LogP contribution in [0.3, 0.4) is 0 Å². The van der Waals surface area contributed by atoms with E-state index in [2.05, 4.69) is 244 Å². The van der Waals surface area contributed by atoms with Gasteiger partial charge in [-0.2, -0.15) is 0 Å². The molecule has 1 N–H and O–H groups in total. The zero-order chi connectivity index (χ0) is 43.9. The third-order valence-electron chi connectivity index (χ3n) is 9.71. The van der Waals surface area contributed by atoms with Crippen molar-refractivity contribution in [3.8, 4) is 0 Å². The molecule has 6 aromatic carbocycles. The van der Waals surface area contributed by atoms with Crippen molar-refractivity contribution in [2.75, 3.05) is 10.2 Å². The topological polar surface area (TPSA) is 15.3 Å². The van der Waals surface area contributed by atoms with E-state index in [-0.39, 0.29) is 36.5 Å². The van der Waals surface area contributed by atoms with Crippen molar-refractivity contribution >= 4 is 99.4 Å². The molecule has 0 bridgehead atoms. The second-order valence-corrected chi connectivity index (χ2v) is 22.5. The molecule has 0 aromatic heterocycles. The Kier molecular flexibility index (Phi) is 20.0. The van der Waals surface area contributed by atoms with Crippen LogP contribution in [-0.2, 0) is 21.7 Å². The average Bonchev–Trinajstić information content (AvgIpc) is 3.11. The van der Waals surface area contributed by atoms with Crippen LogP contribution in [-0.4, -0.2) is 0 Å². The van der Waals surface area contributed by atoms with E-state index in [1.54, 1.807) is 0 Å². The first-order valence-electron chi connectivity index (χ1n) is 19.9. The Morgan fingerprint density at radius 2 is 0.639 bits per heavy atom. The zero-order valence-corrected chi connectivity index (χ0v) is 43.8. The van der Waals surface area contributed by atoms with Gasteiger partial charge in [0.25, 0.3) is 0 Å². The zero-order valence-electron chi connectivity index (χ0n) is 37.5. The molecule has 6 rings (SSSR count). The summed E-state index contributed by atoms with van der Waals surface area (Å²) < 4.78 is 2.94. The molecule has 2 nitrogen and oxygen atoms in total. The van der Waals surface area contributed by atoms with Crippen LogP contribution in [0.15, 0.2) is 147 Å². The molecule has 328 valence electrons. The summed E-state index contributed by atoms with van der Waals surface area (Å²) in [5, 5.41) is 4.90. The molecular weight excluding hydrogens is 987 g/mol. The van der Waals surface area contributed by atoms with Crippen LogP contribution < -0.4 is 10.2 Å². The van der Waals surface area contributed by atoms with Crippen LogP contribution in [0.5, 0.6) is 0 Å². The highest BCUT2D eigenvalue weighted by Gasteiger charge is 2.19. The Bertz CT molecular complexity index is 2070. The summed E-state index contributed by atoms with van der Waals surface area (Å²) in [5.74, 6) is 0. The molecule has 0 heterocycles. The van der Waals surface area contributed by atoms with Crippen molar-refractivity contribution in [2.24, 2.45) is 0 Å². The molecule has 0 saturated heterocycles. The van der Waals surface area contributed by atoms with Gasteiger partial charge in [-0.05, 0) is 129 Å². The van der Waals surface area contributed by atoms with Crippen molar-refractivity contribution < 1.29 is 0 Å². The summed E-state index contributed by atoms with van der Waals surface area (Å²) in [7, 11) is 0. The Hall–Kier alpha value is -3.06. The van der Waals surface area contributed by atoms with Crippen molar-refractivity contribution in [3.05, 3.63) is 187 Å². The summed E-state index contributed by atoms with van der Waals surface area (Å²) in [6, 6.07) is 46.6. The van der Waals surface area contributed by atoms with Gasteiger partial charge in [0, 0.05) is 51.9 Å². The minimum atomic E-state index is 0. The lowest BCUT2D eigenvalue weighted by Gasteiger charge is -2.28. The minimum Gasteiger partial charge on any atom is -0.358 e. The standard InChI is InChI=1S/C26H29BrClN.C20H27N.C6H3Br2Cl.CH4.CH3/c1-25(2,3)18-7-11-22(12-8-18)29(24-16-20(27)15-21(28)17-24)23-13-9-19(10-14-23)26(4,5)6;1-19(2,3)15-7-11-17(12-8-15)21-18-13-9-16(10-14-18)20(4,5)6;7-4-1-5(8)3-6(9)2-4;;/h7-17H,1-6H3;7-14,21H,1-6H3;1-3H;1H4;1H3/q;;;;-1. The lowest BCUT2D eigenvalue weighted by molar-refractivity contribution is 0.590. The molecule has 0 atom stereocenters. The van der Waals surface area contributed by atoms with E-state index in [4.69, 9.17) is 23.2 Å². The number of halogens is 5. The van der Waals surface area contributed by atoms with Crippen LogP contribution in [0, 0.1) is 7.43 Å². The maximum absolute atomic E-state index is 6.38. The van der Waals surface area contributed by atoms with Crippen molar-refractivity contribution in [1.82, 2.24) is 0 Å². The number of nitrogens with one attached hydrogen (secondary N) is 1. The predicted octanol–water partition coefficient (Wildman–Crippen LogP) is 20.1. The Morgan fingerprint density at radius 1 is 0.377 bits per heavy atom. The summed E-state index contributed by atoms with van der Waals surface area (Å²) in [6.45, 7) is 26.8. The van der Waals surface area contributed by atoms with Crippen LogP contribution in [0.25, 0.3) is 0 Å². The van der Waals surface area contributed by atoms with E-state index < -0.39 is 0 Å². The molecule has 0 amide bonds. The lowest BCUT2D eigenvalue weighted by atomic mass is 9.86. The average molecular weight is 1050 g/mol. The molecule has 0 aliphatic heterocycles. The summed E-state index contributed by atoms with van der Waals surface area (Å²) in [5.41, 5.74) is 11.5. The monoisotopic (exact) mass is 1050 g/mol. The Morgan fingerprint density at radius 3 is 0.902 bits per heavy atom. The van der Waals surface area contributed by atoms with Crippen molar-refractivity contribution in [2.45, 2.75) is 112 Å². The van der Waals surface area contributed by atoms with Crippen molar-refractivity contribution in [1.29, 1.82) is 0 Å². The second-order valence-electron chi connectivity index (χ2n) is 18.9. The van der Waals surface area contributed by atoms with Gasteiger partial charge in [0.15, 0.2) is 0 Å². The van der Waals surface area contributed by atoms with E-state index in [0.717, 1.165) is 46.9 Å². The molecular formula is C54H66Br3Cl2N2-.